The zero-order valence-electron chi connectivity index (χ0n) is 12.6. The van der Waals surface area contributed by atoms with Gasteiger partial charge in [-0.2, -0.15) is 0 Å². The minimum absolute atomic E-state index is 0.0936. The molecule has 110 valence electrons. The molecule has 1 amide bonds. The molecule has 1 aromatic heterocycles. The van der Waals surface area contributed by atoms with E-state index in [9.17, 15) is 4.79 Å². The highest BCUT2D eigenvalue weighted by atomic mass is 16.2. The Balaban J connectivity index is 1.88. The number of likely N-dealkylation sites (N-methyl/N-ethyl adjacent to an activating group) is 1. The predicted molar refractivity (Wildman–Crippen MR) is 84.4 cm³/mol. The summed E-state index contributed by atoms with van der Waals surface area (Å²) in [5.41, 5.74) is 1.61. The van der Waals surface area contributed by atoms with Gasteiger partial charge in [0.1, 0.15) is 0 Å². The molecule has 1 fully saturated rings. The first-order valence-electron chi connectivity index (χ1n) is 7.49. The third-order valence-corrected chi connectivity index (χ3v) is 4.28. The Bertz CT molecular complexity index is 655. The molecule has 0 radical (unpaired) electrons. The van der Waals surface area contributed by atoms with Crippen LogP contribution in [0.15, 0.2) is 36.5 Å². The molecule has 1 unspecified atom stereocenters. The summed E-state index contributed by atoms with van der Waals surface area (Å²) in [6.07, 6.45) is 2.72. The largest absolute Gasteiger partial charge is 0.335 e. The van der Waals surface area contributed by atoms with Crippen molar-refractivity contribution in [3.63, 3.8) is 0 Å². The fourth-order valence-corrected chi connectivity index (χ4v) is 2.83. The Kier molecular flexibility index (Phi) is 3.88. The number of hydrogen-bond donors (Lipinski definition) is 0. The first kappa shape index (κ1) is 14.0. The third kappa shape index (κ3) is 2.90. The highest BCUT2D eigenvalue weighted by Crippen LogP contribution is 2.17. The normalized spacial score (nSPS) is 20.5. The molecule has 3 rings (SSSR count). The van der Waals surface area contributed by atoms with Gasteiger partial charge in [-0.05, 0) is 39.1 Å². The molecule has 0 spiro atoms. The Morgan fingerprint density at radius 1 is 1.24 bits per heavy atom. The molecule has 0 bridgehead atoms. The van der Waals surface area contributed by atoms with Gasteiger partial charge in [-0.15, -0.1) is 0 Å². The molecular formula is C17H21N3O. The van der Waals surface area contributed by atoms with Crippen molar-refractivity contribution in [2.75, 3.05) is 26.7 Å². The molecule has 0 N–H and O–H groups in total. The molecule has 2 aromatic rings. The summed E-state index contributed by atoms with van der Waals surface area (Å²) >= 11 is 0. The number of nitrogens with zero attached hydrogens (tertiary/aromatic N) is 3. The Morgan fingerprint density at radius 2 is 2.05 bits per heavy atom. The summed E-state index contributed by atoms with van der Waals surface area (Å²) < 4.78 is 0. The zero-order valence-corrected chi connectivity index (χ0v) is 12.6. The standard InChI is InChI=1S/C17H21N3O/c1-13-7-8-19(2)9-10-20(13)17(21)15-11-14-5-3-4-6-16(14)18-12-15/h3-6,11-13H,7-10H2,1-2H3. The number of amides is 1. The molecule has 21 heavy (non-hydrogen) atoms. The van der Waals surface area contributed by atoms with Crippen LogP contribution in [0.4, 0.5) is 0 Å². The second-order valence-corrected chi connectivity index (χ2v) is 5.86. The lowest BCUT2D eigenvalue weighted by Gasteiger charge is -2.26. The van der Waals surface area contributed by atoms with Crippen molar-refractivity contribution < 1.29 is 4.79 Å². The summed E-state index contributed by atoms with van der Waals surface area (Å²) in [5.74, 6) is 0.0936. The molecule has 2 heterocycles. The molecule has 1 aliphatic rings. The van der Waals surface area contributed by atoms with Crippen molar-refractivity contribution in [3.05, 3.63) is 42.1 Å². The van der Waals surface area contributed by atoms with Crippen LogP contribution in [0.1, 0.15) is 23.7 Å². The lowest BCUT2D eigenvalue weighted by Crippen LogP contribution is -2.39. The molecule has 0 aliphatic carbocycles. The van der Waals surface area contributed by atoms with Gasteiger partial charge < -0.3 is 9.80 Å². The van der Waals surface area contributed by atoms with Crippen LogP contribution in [0.25, 0.3) is 10.9 Å². The lowest BCUT2D eigenvalue weighted by atomic mass is 10.1. The third-order valence-electron chi connectivity index (χ3n) is 4.28. The van der Waals surface area contributed by atoms with E-state index in [1.807, 2.05) is 35.2 Å². The summed E-state index contributed by atoms with van der Waals surface area (Å²) in [4.78, 5) is 21.4. The fraction of sp³-hybridized carbons (Fsp3) is 0.412. The highest BCUT2D eigenvalue weighted by Gasteiger charge is 2.24. The van der Waals surface area contributed by atoms with Crippen LogP contribution in [0.5, 0.6) is 0 Å². The number of carbonyl (C=O) groups is 1. The van der Waals surface area contributed by atoms with Crippen LogP contribution in [0.2, 0.25) is 0 Å². The molecule has 4 nitrogen and oxygen atoms in total. The summed E-state index contributed by atoms with van der Waals surface area (Å²) in [6, 6.07) is 10.1. The average molecular weight is 283 g/mol. The van der Waals surface area contributed by atoms with Gasteiger partial charge in [0.25, 0.3) is 5.91 Å². The predicted octanol–water partition coefficient (Wildman–Crippen LogP) is 2.40. The number of benzene rings is 1. The van der Waals surface area contributed by atoms with E-state index < -0.39 is 0 Å². The van der Waals surface area contributed by atoms with Gasteiger partial charge in [-0.1, -0.05) is 18.2 Å². The average Bonchev–Trinajstić information content (AvgIpc) is 2.68. The van der Waals surface area contributed by atoms with Gasteiger partial charge in [0.2, 0.25) is 0 Å². The maximum atomic E-state index is 12.8. The SMILES string of the molecule is CC1CCN(C)CCN1C(=O)c1cnc2ccccc2c1. The number of para-hydroxylation sites is 1. The van der Waals surface area contributed by atoms with E-state index in [-0.39, 0.29) is 11.9 Å². The van der Waals surface area contributed by atoms with Crippen LogP contribution in [0, 0.1) is 0 Å². The van der Waals surface area contributed by atoms with Crippen molar-refractivity contribution in [2.45, 2.75) is 19.4 Å². The number of rotatable bonds is 1. The summed E-state index contributed by atoms with van der Waals surface area (Å²) in [5, 5.41) is 1.02. The molecule has 1 saturated heterocycles. The number of hydrogen-bond acceptors (Lipinski definition) is 3. The van der Waals surface area contributed by atoms with Crippen molar-refractivity contribution in [2.24, 2.45) is 0 Å². The quantitative estimate of drug-likeness (QED) is 0.806. The first-order valence-corrected chi connectivity index (χ1v) is 7.49. The van der Waals surface area contributed by atoms with Crippen molar-refractivity contribution >= 4 is 16.8 Å². The van der Waals surface area contributed by atoms with E-state index in [1.54, 1.807) is 6.20 Å². The number of fused-ring (bicyclic) bond motifs is 1. The van der Waals surface area contributed by atoms with Gasteiger partial charge in [0.05, 0.1) is 11.1 Å². The van der Waals surface area contributed by atoms with E-state index in [0.29, 0.717) is 5.56 Å². The van der Waals surface area contributed by atoms with Crippen molar-refractivity contribution in [1.29, 1.82) is 0 Å². The van der Waals surface area contributed by atoms with E-state index in [1.165, 1.54) is 0 Å². The monoisotopic (exact) mass is 283 g/mol. The number of carbonyl (C=O) groups excluding carboxylic acids is 1. The van der Waals surface area contributed by atoms with E-state index >= 15 is 0 Å². The van der Waals surface area contributed by atoms with Crippen LogP contribution in [0.3, 0.4) is 0 Å². The van der Waals surface area contributed by atoms with Gasteiger partial charge in [0, 0.05) is 30.7 Å². The van der Waals surface area contributed by atoms with Crippen LogP contribution in [-0.2, 0) is 0 Å². The van der Waals surface area contributed by atoms with Gasteiger partial charge in [0.15, 0.2) is 0 Å². The minimum atomic E-state index is 0.0936. The summed E-state index contributed by atoms with van der Waals surface area (Å²) in [7, 11) is 2.11. The smallest absolute Gasteiger partial charge is 0.255 e. The van der Waals surface area contributed by atoms with E-state index in [0.717, 1.165) is 37.0 Å². The van der Waals surface area contributed by atoms with Crippen molar-refractivity contribution in [1.82, 2.24) is 14.8 Å². The minimum Gasteiger partial charge on any atom is -0.335 e. The zero-order chi connectivity index (χ0) is 14.8. The molecule has 1 aromatic carbocycles. The molecule has 0 saturated carbocycles. The Labute approximate surface area is 125 Å². The van der Waals surface area contributed by atoms with Gasteiger partial charge >= 0.3 is 0 Å². The molecular weight excluding hydrogens is 262 g/mol. The van der Waals surface area contributed by atoms with E-state index in [2.05, 4.69) is 23.9 Å². The molecule has 4 heteroatoms. The summed E-state index contributed by atoms with van der Waals surface area (Å²) in [6.45, 7) is 4.88. The molecule has 1 aliphatic heterocycles. The van der Waals surface area contributed by atoms with E-state index in [4.69, 9.17) is 0 Å². The lowest BCUT2D eigenvalue weighted by molar-refractivity contribution is 0.0702. The number of aromatic nitrogens is 1. The topological polar surface area (TPSA) is 36.4 Å². The number of pyridine rings is 1. The van der Waals surface area contributed by atoms with Crippen LogP contribution in [-0.4, -0.2) is 53.4 Å². The molecule has 1 atom stereocenters. The van der Waals surface area contributed by atoms with Crippen molar-refractivity contribution in [3.8, 4) is 0 Å². The van der Waals surface area contributed by atoms with Gasteiger partial charge in [-0.3, -0.25) is 9.78 Å². The Hall–Kier alpha value is -1.94. The second kappa shape index (κ2) is 5.82. The Morgan fingerprint density at radius 3 is 2.90 bits per heavy atom. The maximum absolute atomic E-state index is 12.8. The van der Waals surface area contributed by atoms with Crippen LogP contribution < -0.4 is 0 Å². The van der Waals surface area contributed by atoms with Crippen LogP contribution >= 0.6 is 0 Å². The first-order chi connectivity index (χ1) is 10.1. The van der Waals surface area contributed by atoms with Gasteiger partial charge in [-0.25, -0.2) is 0 Å². The highest BCUT2D eigenvalue weighted by molar-refractivity contribution is 5.97. The maximum Gasteiger partial charge on any atom is 0.255 e. The fourth-order valence-electron chi connectivity index (χ4n) is 2.83. The second-order valence-electron chi connectivity index (χ2n) is 5.86.